The van der Waals surface area contributed by atoms with Crippen LogP contribution < -0.4 is 14.4 Å². The van der Waals surface area contributed by atoms with Crippen LogP contribution in [-0.2, 0) is 0 Å². The average Bonchev–Trinajstić information content (AvgIpc) is 2.67. The van der Waals surface area contributed by atoms with Crippen molar-refractivity contribution in [2.75, 3.05) is 44.3 Å². The Morgan fingerprint density at radius 3 is 2.62 bits per heavy atom. The topological polar surface area (TPSA) is 63.6 Å². The van der Waals surface area contributed by atoms with Crippen LogP contribution in [0.15, 0.2) is 18.5 Å². The Morgan fingerprint density at radius 2 is 1.85 bits per heavy atom. The third-order valence-electron chi connectivity index (χ3n) is 4.84. The first-order valence-electron chi connectivity index (χ1n) is 8.85. The molecule has 0 amide bonds. The molecule has 0 aliphatic carbocycles. The van der Waals surface area contributed by atoms with E-state index >= 15 is 0 Å². The van der Waals surface area contributed by atoms with E-state index in [0.717, 1.165) is 37.7 Å². The number of nitrogens with zero attached hydrogens (tertiary/aromatic N) is 5. The lowest BCUT2D eigenvalue weighted by atomic mass is 10.1. The van der Waals surface area contributed by atoms with Crippen LogP contribution in [0.5, 0.6) is 11.6 Å². The number of piperazine rings is 1. The summed E-state index contributed by atoms with van der Waals surface area (Å²) in [6.45, 7) is 8.00. The number of aryl methyl sites for hydroxylation is 1. The molecule has 0 aromatic carbocycles. The summed E-state index contributed by atoms with van der Waals surface area (Å²) in [6.07, 6.45) is 3.53. The maximum atomic E-state index is 14.5. The van der Waals surface area contributed by atoms with E-state index in [-0.39, 0.29) is 11.9 Å². The lowest BCUT2D eigenvalue weighted by Crippen LogP contribution is -2.47. The van der Waals surface area contributed by atoms with E-state index in [1.165, 1.54) is 6.07 Å². The standard InChI is InChI=1S/C18H22FN5O2/c1-12-10-20-11-16(21-12)24-5-3-23(4-6-24)13(2)17-14(19)9-15-18(22-17)26-8-7-25-15/h9-11,13H,3-8H2,1-2H3. The molecule has 7 nitrogen and oxygen atoms in total. The number of aromatic nitrogens is 3. The zero-order valence-electron chi connectivity index (χ0n) is 15.0. The number of halogens is 1. The van der Waals surface area contributed by atoms with Crippen LogP contribution >= 0.6 is 0 Å². The molecule has 1 saturated heterocycles. The Labute approximate surface area is 151 Å². The van der Waals surface area contributed by atoms with Crippen molar-refractivity contribution < 1.29 is 13.9 Å². The van der Waals surface area contributed by atoms with Crippen molar-refractivity contribution in [3.63, 3.8) is 0 Å². The Morgan fingerprint density at radius 1 is 1.08 bits per heavy atom. The second-order valence-electron chi connectivity index (χ2n) is 6.57. The summed E-state index contributed by atoms with van der Waals surface area (Å²) in [5, 5.41) is 0. The van der Waals surface area contributed by atoms with Crippen LogP contribution in [0.2, 0.25) is 0 Å². The molecule has 4 heterocycles. The van der Waals surface area contributed by atoms with Gasteiger partial charge in [-0.05, 0) is 13.8 Å². The number of hydrogen-bond donors (Lipinski definition) is 0. The molecular formula is C18H22FN5O2. The number of rotatable bonds is 3. The first-order chi connectivity index (χ1) is 12.6. The molecule has 1 atom stereocenters. The van der Waals surface area contributed by atoms with Gasteiger partial charge in [0.1, 0.15) is 24.8 Å². The van der Waals surface area contributed by atoms with Gasteiger partial charge in [0.15, 0.2) is 5.75 Å². The van der Waals surface area contributed by atoms with E-state index in [9.17, 15) is 4.39 Å². The Hall–Kier alpha value is -2.48. The van der Waals surface area contributed by atoms with Gasteiger partial charge >= 0.3 is 0 Å². The first kappa shape index (κ1) is 17.0. The molecule has 0 radical (unpaired) electrons. The summed E-state index contributed by atoms with van der Waals surface area (Å²) in [5.74, 6) is 1.30. The van der Waals surface area contributed by atoms with Gasteiger partial charge in [0.05, 0.1) is 23.6 Å². The van der Waals surface area contributed by atoms with Crippen LogP contribution in [0.25, 0.3) is 0 Å². The number of ether oxygens (including phenoxy) is 2. The SMILES string of the molecule is Cc1cncc(N2CCN(C(C)c3nc4c(cc3F)OCCO4)CC2)n1. The molecular weight excluding hydrogens is 337 g/mol. The highest BCUT2D eigenvalue weighted by atomic mass is 19.1. The highest BCUT2D eigenvalue weighted by Gasteiger charge is 2.27. The monoisotopic (exact) mass is 359 g/mol. The normalized spacial score (nSPS) is 18.7. The fourth-order valence-corrected chi connectivity index (χ4v) is 3.37. The van der Waals surface area contributed by atoms with Crippen LogP contribution in [0.4, 0.5) is 10.2 Å². The van der Waals surface area contributed by atoms with Gasteiger partial charge in [-0.3, -0.25) is 9.88 Å². The van der Waals surface area contributed by atoms with Gasteiger partial charge < -0.3 is 14.4 Å². The second kappa shape index (κ2) is 7.03. The van der Waals surface area contributed by atoms with E-state index < -0.39 is 0 Å². The molecule has 2 aliphatic heterocycles. The minimum Gasteiger partial charge on any atom is -0.484 e. The van der Waals surface area contributed by atoms with Crippen LogP contribution in [0, 0.1) is 12.7 Å². The summed E-state index contributed by atoms with van der Waals surface area (Å²) in [5.41, 5.74) is 1.30. The van der Waals surface area contributed by atoms with Gasteiger partial charge in [0.2, 0.25) is 0 Å². The highest BCUT2D eigenvalue weighted by molar-refractivity contribution is 5.38. The molecule has 2 aromatic heterocycles. The molecule has 0 bridgehead atoms. The maximum Gasteiger partial charge on any atom is 0.257 e. The minimum atomic E-state index is -0.353. The number of fused-ring (bicyclic) bond motifs is 1. The molecule has 0 spiro atoms. The third kappa shape index (κ3) is 3.29. The Bertz CT molecular complexity index is 795. The average molecular weight is 359 g/mol. The minimum absolute atomic E-state index is 0.142. The van der Waals surface area contributed by atoms with Crippen LogP contribution in [-0.4, -0.2) is 59.2 Å². The lowest BCUT2D eigenvalue weighted by molar-refractivity contribution is 0.157. The quantitative estimate of drug-likeness (QED) is 0.830. The molecule has 26 heavy (non-hydrogen) atoms. The third-order valence-corrected chi connectivity index (χ3v) is 4.84. The van der Waals surface area contributed by atoms with Gasteiger partial charge in [-0.2, -0.15) is 0 Å². The summed E-state index contributed by atoms with van der Waals surface area (Å²) in [4.78, 5) is 17.5. The number of anilines is 1. The van der Waals surface area contributed by atoms with E-state index in [2.05, 4.69) is 24.8 Å². The molecule has 0 N–H and O–H groups in total. The first-order valence-corrected chi connectivity index (χ1v) is 8.85. The van der Waals surface area contributed by atoms with Crippen LogP contribution in [0.3, 0.4) is 0 Å². The van der Waals surface area contributed by atoms with Crippen molar-refractivity contribution >= 4 is 5.82 Å². The molecule has 1 fully saturated rings. The summed E-state index contributed by atoms with van der Waals surface area (Å²) < 4.78 is 25.4. The van der Waals surface area contributed by atoms with Gasteiger partial charge in [-0.25, -0.2) is 14.4 Å². The molecule has 8 heteroatoms. The second-order valence-corrected chi connectivity index (χ2v) is 6.57. The Kier molecular flexibility index (Phi) is 4.58. The molecule has 4 rings (SSSR count). The molecule has 138 valence electrons. The van der Waals surface area contributed by atoms with Gasteiger partial charge in [0.25, 0.3) is 5.88 Å². The number of pyridine rings is 1. The maximum absolute atomic E-state index is 14.5. The molecule has 1 unspecified atom stereocenters. The van der Waals surface area contributed by atoms with Crippen molar-refractivity contribution in [2.45, 2.75) is 19.9 Å². The summed E-state index contributed by atoms with van der Waals surface area (Å²) in [7, 11) is 0. The van der Waals surface area contributed by atoms with E-state index in [0.29, 0.717) is 30.5 Å². The molecule has 2 aromatic rings. The fourth-order valence-electron chi connectivity index (χ4n) is 3.37. The van der Waals surface area contributed by atoms with E-state index in [1.807, 2.05) is 13.8 Å². The highest BCUT2D eigenvalue weighted by Crippen LogP contribution is 2.33. The Balaban J connectivity index is 1.46. The van der Waals surface area contributed by atoms with Crippen molar-refractivity contribution in [1.29, 1.82) is 0 Å². The summed E-state index contributed by atoms with van der Waals surface area (Å²) >= 11 is 0. The largest absolute Gasteiger partial charge is 0.484 e. The van der Waals surface area contributed by atoms with E-state index in [1.54, 1.807) is 12.4 Å². The van der Waals surface area contributed by atoms with Gasteiger partial charge in [-0.1, -0.05) is 0 Å². The fraction of sp³-hybridized carbons (Fsp3) is 0.500. The van der Waals surface area contributed by atoms with Crippen LogP contribution in [0.1, 0.15) is 24.4 Å². The predicted molar refractivity (Wildman–Crippen MR) is 94.2 cm³/mol. The van der Waals surface area contributed by atoms with Crippen molar-refractivity contribution in [2.24, 2.45) is 0 Å². The van der Waals surface area contributed by atoms with E-state index in [4.69, 9.17) is 9.47 Å². The van der Waals surface area contributed by atoms with Crippen molar-refractivity contribution in [1.82, 2.24) is 19.9 Å². The zero-order chi connectivity index (χ0) is 18.1. The number of hydrogen-bond acceptors (Lipinski definition) is 7. The summed E-state index contributed by atoms with van der Waals surface area (Å²) in [6, 6.07) is 1.24. The predicted octanol–water partition coefficient (Wildman–Crippen LogP) is 1.97. The lowest BCUT2D eigenvalue weighted by Gasteiger charge is -2.38. The van der Waals surface area contributed by atoms with Crippen molar-refractivity contribution in [3.8, 4) is 11.6 Å². The van der Waals surface area contributed by atoms with Crippen molar-refractivity contribution in [3.05, 3.63) is 35.7 Å². The van der Waals surface area contributed by atoms with Gasteiger partial charge in [0, 0.05) is 38.4 Å². The molecule has 0 saturated carbocycles. The smallest absolute Gasteiger partial charge is 0.257 e. The zero-order valence-corrected chi connectivity index (χ0v) is 15.0. The molecule has 2 aliphatic rings. The van der Waals surface area contributed by atoms with Gasteiger partial charge in [-0.15, -0.1) is 0 Å².